The van der Waals surface area contributed by atoms with Gasteiger partial charge in [-0.1, -0.05) is 55.2 Å². The third-order valence-electron chi connectivity index (χ3n) is 4.76. The van der Waals surface area contributed by atoms with Crippen LogP contribution in [-0.4, -0.2) is 10.2 Å². The van der Waals surface area contributed by atoms with E-state index in [-0.39, 0.29) is 0 Å². The predicted octanol–water partition coefficient (Wildman–Crippen LogP) is 5.53. The van der Waals surface area contributed by atoms with Gasteiger partial charge in [-0.25, -0.2) is 0 Å². The number of hydrogen-bond acceptors (Lipinski definition) is 2. The van der Waals surface area contributed by atoms with Crippen LogP contribution < -0.4 is 0 Å². The highest BCUT2D eigenvalue weighted by Gasteiger charge is 2.17. The van der Waals surface area contributed by atoms with Gasteiger partial charge in [0.1, 0.15) is 11.5 Å². The summed E-state index contributed by atoms with van der Waals surface area (Å²) in [5.41, 5.74) is 6.29. The van der Waals surface area contributed by atoms with E-state index >= 15 is 0 Å². The third-order valence-corrected chi connectivity index (χ3v) is 4.76. The number of benzene rings is 2. The predicted molar refractivity (Wildman–Crippen MR) is 101 cm³/mol. The number of phenolic OH excluding ortho intramolecular Hbond substituents is 2. The van der Waals surface area contributed by atoms with E-state index in [0.29, 0.717) is 17.4 Å². The van der Waals surface area contributed by atoms with Gasteiger partial charge >= 0.3 is 0 Å². The second-order valence-electron chi connectivity index (χ2n) is 7.24. The maximum atomic E-state index is 10.4. The summed E-state index contributed by atoms with van der Waals surface area (Å²) >= 11 is 0. The molecule has 130 valence electrons. The average Bonchev–Trinajstić information content (AvgIpc) is 2.49. The van der Waals surface area contributed by atoms with Gasteiger partial charge in [0.15, 0.2) is 0 Å². The highest BCUT2D eigenvalue weighted by Crippen LogP contribution is 2.32. The topological polar surface area (TPSA) is 40.5 Å². The third kappa shape index (κ3) is 4.31. The zero-order valence-corrected chi connectivity index (χ0v) is 15.6. The van der Waals surface area contributed by atoms with Crippen LogP contribution in [0.25, 0.3) is 0 Å². The first-order valence-corrected chi connectivity index (χ1v) is 8.90. The maximum absolute atomic E-state index is 10.4. The van der Waals surface area contributed by atoms with E-state index in [1.165, 1.54) is 11.1 Å². The standard InChI is InChI=1S/C22H30O2/c1-6-7-18(12-19-10-14(2)8-16(4)21(19)23)13-20-11-15(3)9-17(5)22(20)24/h8-11,18,23-24H,6-7,12-13H2,1-5H3. The second kappa shape index (κ2) is 7.74. The fourth-order valence-electron chi connectivity index (χ4n) is 3.71. The van der Waals surface area contributed by atoms with Crippen LogP contribution in [0.1, 0.15) is 53.1 Å². The maximum Gasteiger partial charge on any atom is 0.121 e. The molecule has 0 aliphatic carbocycles. The molecule has 0 fully saturated rings. The molecule has 0 aromatic heterocycles. The van der Waals surface area contributed by atoms with E-state index in [9.17, 15) is 10.2 Å². The summed E-state index contributed by atoms with van der Waals surface area (Å²) in [5.74, 6) is 1.26. The molecular formula is C22H30O2. The zero-order valence-electron chi connectivity index (χ0n) is 15.6. The molecule has 2 N–H and O–H groups in total. The summed E-state index contributed by atoms with van der Waals surface area (Å²) < 4.78 is 0. The Bertz CT molecular complexity index is 657. The van der Waals surface area contributed by atoms with Gasteiger partial charge in [0.2, 0.25) is 0 Å². The number of rotatable bonds is 6. The van der Waals surface area contributed by atoms with Crippen LogP contribution >= 0.6 is 0 Å². The van der Waals surface area contributed by atoms with Crippen molar-refractivity contribution >= 4 is 0 Å². The first kappa shape index (κ1) is 18.4. The average molecular weight is 326 g/mol. The quantitative estimate of drug-likeness (QED) is 0.732. The minimum absolute atomic E-state index is 0.411. The van der Waals surface area contributed by atoms with Crippen molar-refractivity contribution in [2.24, 2.45) is 5.92 Å². The van der Waals surface area contributed by atoms with E-state index in [1.54, 1.807) is 0 Å². The lowest BCUT2D eigenvalue weighted by Crippen LogP contribution is -2.10. The second-order valence-corrected chi connectivity index (χ2v) is 7.24. The molecule has 0 atom stereocenters. The fourth-order valence-corrected chi connectivity index (χ4v) is 3.71. The smallest absolute Gasteiger partial charge is 0.121 e. The molecule has 0 aliphatic rings. The van der Waals surface area contributed by atoms with Crippen LogP contribution in [0.4, 0.5) is 0 Å². The summed E-state index contributed by atoms with van der Waals surface area (Å²) in [6, 6.07) is 8.21. The minimum Gasteiger partial charge on any atom is -0.507 e. The molecule has 2 nitrogen and oxygen atoms in total. The lowest BCUT2D eigenvalue weighted by molar-refractivity contribution is 0.423. The molecule has 0 heterocycles. The normalized spacial score (nSPS) is 11.2. The van der Waals surface area contributed by atoms with Crippen LogP contribution in [0.2, 0.25) is 0 Å². The molecule has 2 heteroatoms. The van der Waals surface area contributed by atoms with Gasteiger partial charge in [0.05, 0.1) is 0 Å². The molecule has 0 bridgehead atoms. The van der Waals surface area contributed by atoms with Crippen molar-refractivity contribution < 1.29 is 10.2 Å². The van der Waals surface area contributed by atoms with Crippen LogP contribution in [0.5, 0.6) is 11.5 Å². The Kier molecular flexibility index (Phi) is 5.93. The molecule has 2 aromatic carbocycles. The Morgan fingerprint density at radius 3 is 1.54 bits per heavy atom. The number of aryl methyl sites for hydroxylation is 4. The molecule has 2 aromatic rings. The van der Waals surface area contributed by atoms with Gasteiger partial charge in [-0.3, -0.25) is 0 Å². The van der Waals surface area contributed by atoms with Crippen molar-refractivity contribution in [2.45, 2.75) is 60.3 Å². The van der Waals surface area contributed by atoms with Crippen LogP contribution in [-0.2, 0) is 12.8 Å². The van der Waals surface area contributed by atoms with Crippen molar-refractivity contribution in [3.63, 3.8) is 0 Å². The van der Waals surface area contributed by atoms with Crippen LogP contribution in [0.3, 0.4) is 0 Å². The van der Waals surface area contributed by atoms with Gasteiger partial charge in [0.25, 0.3) is 0 Å². The first-order chi connectivity index (χ1) is 11.3. The Labute approximate surface area is 146 Å². The summed E-state index contributed by atoms with van der Waals surface area (Å²) in [5, 5.41) is 20.8. The summed E-state index contributed by atoms with van der Waals surface area (Å²) in [6.07, 6.45) is 3.86. The van der Waals surface area contributed by atoms with Crippen molar-refractivity contribution in [3.8, 4) is 11.5 Å². The lowest BCUT2D eigenvalue weighted by Gasteiger charge is -2.20. The largest absolute Gasteiger partial charge is 0.507 e. The SMILES string of the molecule is CCCC(Cc1cc(C)cc(C)c1O)Cc1cc(C)cc(C)c1O. The highest BCUT2D eigenvalue weighted by atomic mass is 16.3. The molecule has 0 saturated carbocycles. The summed E-state index contributed by atoms with van der Waals surface area (Å²) in [4.78, 5) is 0. The van der Waals surface area contributed by atoms with Crippen LogP contribution in [0.15, 0.2) is 24.3 Å². The summed E-state index contributed by atoms with van der Waals surface area (Å²) in [7, 11) is 0. The van der Waals surface area contributed by atoms with Gasteiger partial charge < -0.3 is 10.2 Å². The molecule has 0 unspecified atom stereocenters. The zero-order chi connectivity index (χ0) is 17.9. The Morgan fingerprint density at radius 1 is 0.750 bits per heavy atom. The van der Waals surface area contributed by atoms with E-state index in [1.807, 2.05) is 26.0 Å². The van der Waals surface area contributed by atoms with E-state index < -0.39 is 0 Å². The molecule has 2 rings (SSSR count). The molecule has 24 heavy (non-hydrogen) atoms. The van der Waals surface area contributed by atoms with Crippen molar-refractivity contribution in [1.82, 2.24) is 0 Å². The number of phenols is 2. The van der Waals surface area contributed by atoms with Gasteiger partial charge in [-0.05, 0) is 68.7 Å². The molecule has 0 spiro atoms. The van der Waals surface area contributed by atoms with E-state index in [0.717, 1.165) is 47.9 Å². The molecule has 0 amide bonds. The van der Waals surface area contributed by atoms with E-state index in [2.05, 4.69) is 32.9 Å². The fraction of sp³-hybridized carbons (Fsp3) is 0.455. The van der Waals surface area contributed by atoms with Crippen LogP contribution in [0, 0.1) is 33.6 Å². The minimum atomic E-state index is 0.411. The molecule has 0 radical (unpaired) electrons. The Hall–Kier alpha value is -1.96. The van der Waals surface area contributed by atoms with Crippen molar-refractivity contribution in [2.75, 3.05) is 0 Å². The summed E-state index contributed by atoms with van der Waals surface area (Å²) in [6.45, 7) is 10.2. The Morgan fingerprint density at radius 2 is 1.17 bits per heavy atom. The monoisotopic (exact) mass is 326 g/mol. The first-order valence-electron chi connectivity index (χ1n) is 8.90. The van der Waals surface area contributed by atoms with Gasteiger partial charge in [0, 0.05) is 0 Å². The highest BCUT2D eigenvalue weighted by molar-refractivity contribution is 5.44. The molecular weight excluding hydrogens is 296 g/mol. The van der Waals surface area contributed by atoms with Gasteiger partial charge in [-0.2, -0.15) is 0 Å². The van der Waals surface area contributed by atoms with Crippen molar-refractivity contribution in [1.29, 1.82) is 0 Å². The number of hydrogen-bond donors (Lipinski definition) is 2. The van der Waals surface area contributed by atoms with E-state index in [4.69, 9.17) is 0 Å². The Balaban J connectivity index is 2.28. The van der Waals surface area contributed by atoms with Gasteiger partial charge in [-0.15, -0.1) is 0 Å². The lowest BCUT2D eigenvalue weighted by atomic mass is 9.86. The number of aromatic hydroxyl groups is 2. The molecule has 0 aliphatic heterocycles. The molecule has 0 saturated heterocycles. The van der Waals surface area contributed by atoms with Crippen molar-refractivity contribution in [3.05, 3.63) is 57.6 Å².